The Labute approximate surface area is 166 Å². The number of benzene rings is 2. The highest BCUT2D eigenvalue weighted by Gasteiger charge is 2.15. The largest absolute Gasteiger partial charge is 0.477 e. The van der Waals surface area contributed by atoms with E-state index in [1.807, 2.05) is 6.92 Å². The van der Waals surface area contributed by atoms with Crippen LogP contribution in [-0.2, 0) is 9.59 Å². The lowest BCUT2D eigenvalue weighted by Crippen LogP contribution is -2.43. The van der Waals surface area contributed by atoms with E-state index in [1.54, 1.807) is 12.1 Å². The van der Waals surface area contributed by atoms with E-state index in [1.165, 1.54) is 36.4 Å². The van der Waals surface area contributed by atoms with Crippen molar-refractivity contribution in [2.24, 2.45) is 0 Å². The quantitative estimate of drug-likeness (QED) is 0.458. The van der Waals surface area contributed by atoms with E-state index in [0.29, 0.717) is 12.1 Å². The third-order valence-electron chi connectivity index (χ3n) is 3.64. The molecule has 0 fully saturated rings. The molecule has 3 N–H and O–H groups in total. The number of ether oxygens (including phenoxy) is 1. The molecule has 10 heteroatoms. The molecular formula is C19H20N4O6. The molecule has 0 bridgehead atoms. The Hall–Kier alpha value is -3.95. The van der Waals surface area contributed by atoms with Crippen LogP contribution in [0.2, 0.25) is 0 Å². The lowest BCUT2D eigenvalue weighted by Gasteiger charge is -2.09. The number of nitrogens with one attached hydrogen (secondary N) is 3. The molecule has 0 aromatic heterocycles. The van der Waals surface area contributed by atoms with Crippen LogP contribution in [0.4, 0.5) is 11.4 Å². The first-order valence-corrected chi connectivity index (χ1v) is 8.76. The minimum absolute atomic E-state index is 0.0558. The molecule has 0 spiro atoms. The van der Waals surface area contributed by atoms with E-state index in [0.717, 1.165) is 6.42 Å². The third kappa shape index (κ3) is 6.61. The van der Waals surface area contributed by atoms with E-state index >= 15 is 0 Å². The zero-order valence-electron chi connectivity index (χ0n) is 15.6. The Kier molecular flexibility index (Phi) is 7.66. The normalized spacial score (nSPS) is 9.97. The number of hydrazine groups is 1. The molecule has 0 aliphatic rings. The van der Waals surface area contributed by atoms with Gasteiger partial charge >= 0.3 is 5.69 Å². The van der Waals surface area contributed by atoms with Crippen molar-refractivity contribution in [2.45, 2.75) is 19.8 Å². The van der Waals surface area contributed by atoms with E-state index in [9.17, 15) is 24.5 Å². The smallest absolute Gasteiger partial charge is 0.310 e. The Morgan fingerprint density at radius 2 is 1.69 bits per heavy atom. The number of amides is 3. The summed E-state index contributed by atoms with van der Waals surface area (Å²) in [5.41, 5.74) is 4.93. The fourth-order valence-corrected chi connectivity index (χ4v) is 2.26. The molecule has 10 nitrogen and oxygen atoms in total. The van der Waals surface area contributed by atoms with Crippen molar-refractivity contribution < 1.29 is 24.0 Å². The van der Waals surface area contributed by atoms with E-state index < -0.39 is 23.3 Å². The number of hydrogen-bond acceptors (Lipinski definition) is 6. The number of carbonyl (C=O) groups excluding carboxylic acids is 3. The number of carbonyl (C=O) groups is 3. The van der Waals surface area contributed by atoms with Crippen molar-refractivity contribution in [1.29, 1.82) is 0 Å². The predicted molar refractivity (Wildman–Crippen MR) is 104 cm³/mol. The van der Waals surface area contributed by atoms with Crippen LogP contribution in [0, 0.1) is 10.1 Å². The van der Waals surface area contributed by atoms with Gasteiger partial charge in [0, 0.05) is 23.7 Å². The molecule has 0 saturated carbocycles. The van der Waals surface area contributed by atoms with E-state index in [-0.39, 0.29) is 22.9 Å². The van der Waals surface area contributed by atoms with Crippen LogP contribution >= 0.6 is 0 Å². The van der Waals surface area contributed by atoms with E-state index in [4.69, 9.17) is 4.74 Å². The summed E-state index contributed by atoms with van der Waals surface area (Å²) in [4.78, 5) is 45.7. The fraction of sp³-hybridized carbons (Fsp3) is 0.211. The Morgan fingerprint density at radius 1 is 1.00 bits per heavy atom. The third-order valence-corrected chi connectivity index (χ3v) is 3.64. The Bertz CT molecular complexity index is 898. The van der Waals surface area contributed by atoms with Gasteiger partial charge in [-0.25, -0.2) is 0 Å². The SMILES string of the molecule is CCCC(=O)Nc1ccc(C(=O)NNC(=O)COc2ccccc2[N+](=O)[O-])cc1. The number of rotatable bonds is 8. The van der Waals surface area contributed by atoms with Gasteiger partial charge in [0.05, 0.1) is 4.92 Å². The highest BCUT2D eigenvalue weighted by molar-refractivity contribution is 5.96. The number of nitrogens with zero attached hydrogens (tertiary/aromatic N) is 1. The van der Waals surface area contributed by atoms with Crippen LogP contribution < -0.4 is 20.9 Å². The lowest BCUT2D eigenvalue weighted by molar-refractivity contribution is -0.385. The minimum Gasteiger partial charge on any atom is -0.477 e. The highest BCUT2D eigenvalue weighted by Crippen LogP contribution is 2.25. The molecular weight excluding hydrogens is 380 g/mol. The van der Waals surface area contributed by atoms with Gasteiger partial charge in [-0.1, -0.05) is 19.1 Å². The second kappa shape index (κ2) is 10.4. The molecule has 0 aliphatic carbocycles. The molecule has 0 aliphatic heterocycles. The summed E-state index contributed by atoms with van der Waals surface area (Å²) in [5, 5.41) is 13.6. The second-order valence-corrected chi connectivity index (χ2v) is 5.89. The number of nitro benzene ring substituents is 1. The molecule has 3 amide bonds. The lowest BCUT2D eigenvalue weighted by atomic mass is 10.2. The van der Waals surface area contributed by atoms with Gasteiger partial charge in [0.2, 0.25) is 5.91 Å². The fourth-order valence-electron chi connectivity index (χ4n) is 2.26. The van der Waals surface area contributed by atoms with Gasteiger partial charge in [-0.15, -0.1) is 0 Å². The summed E-state index contributed by atoms with van der Waals surface area (Å²) in [7, 11) is 0. The number of hydrogen-bond donors (Lipinski definition) is 3. The van der Waals surface area contributed by atoms with Crippen molar-refractivity contribution in [3.63, 3.8) is 0 Å². The van der Waals surface area contributed by atoms with Gasteiger partial charge in [0.15, 0.2) is 12.4 Å². The number of anilines is 1. The van der Waals surface area contributed by atoms with Crippen LogP contribution in [-0.4, -0.2) is 29.3 Å². The van der Waals surface area contributed by atoms with Crippen LogP contribution in [0.5, 0.6) is 5.75 Å². The van der Waals surface area contributed by atoms with Crippen molar-refractivity contribution in [3.05, 3.63) is 64.2 Å². The van der Waals surface area contributed by atoms with Crippen molar-refractivity contribution in [3.8, 4) is 5.75 Å². The predicted octanol–water partition coefficient (Wildman–Crippen LogP) is 2.17. The summed E-state index contributed by atoms with van der Waals surface area (Å²) < 4.78 is 5.13. The zero-order valence-corrected chi connectivity index (χ0v) is 15.6. The monoisotopic (exact) mass is 400 g/mol. The number of para-hydroxylation sites is 2. The zero-order chi connectivity index (χ0) is 21.2. The average Bonchev–Trinajstić information content (AvgIpc) is 2.71. The molecule has 2 rings (SSSR count). The van der Waals surface area contributed by atoms with Gasteiger partial charge in [-0.2, -0.15) is 0 Å². The highest BCUT2D eigenvalue weighted by atomic mass is 16.6. The Balaban J connectivity index is 1.82. The van der Waals surface area contributed by atoms with Gasteiger partial charge in [0.1, 0.15) is 0 Å². The van der Waals surface area contributed by atoms with Gasteiger partial charge in [-0.05, 0) is 36.8 Å². The average molecular weight is 400 g/mol. The van der Waals surface area contributed by atoms with Crippen LogP contribution in [0.1, 0.15) is 30.1 Å². The topological polar surface area (TPSA) is 140 Å². The molecule has 29 heavy (non-hydrogen) atoms. The molecule has 0 heterocycles. The first-order valence-electron chi connectivity index (χ1n) is 8.76. The molecule has 0 radical (unpaired) electrons. The maximum absolute atomic E-state index is 12.1. The first-order chi connectivity index (χ1) is 13.9. The van der Waals surface area contributed by atoms with Crippen LogP contribution in [0.3, 0.4) is 0 Å². The second-order valence-electron chi connectivity index (χ2n) is 5.89. The van der Waals surface area contributed by atoms with E-state index in [2.05, 4.69) is 16.2 Å². The summed E-state index contributed by atoms with van der Waals surface area (Å²) in [5.74, 6) is -1.44. The molecule has 0 unspecified atom stereocenters. The van der Waals surface area contributed by atoms with Crippen molar-refractivity contribution in [1.82, 2.24) is 10.9 Å². The van der Waals surface area contributed by atoms with Crippen LogP contribution in [0.15, 0.2) is 48.5 Å². The van der Waals surface area contributed by atoms with Gasteiger partial charge < -0.3 is 10.1 Å². The number of nitro groups is 1. The minimum atomic E-state index is -0.694. The summed E-state index contributed by atoms with van der Waals surface area (Å²) in [6.45, 7) is 1.38. The summed E-state index contributed by atoms with van der Waals surface area (Å²) in [6, 6.07) is 11.8. The van der Waals surface area contributed by atoms with Gasteiger partial charge in [0.25, 0.3) is 11.8 Å². The summed E-state index contributed by atoms with van der Waals surface area (Å²) >= 11 is 0. The van der Waals surface area contributed by atoms with Crippen molar-refractivity contribution >= 4 is 29.1 Å². The molecule has 0 atom stereocenters. The van der Waals surface area contributed by atoms with Gasteiger partial charge in [-0.3, -0.25) is 35.3 Å². The first kappa shape index (κ1) is 21.4. The molecule has 2 aromatic carbocycles. The van der Waals surface area contributed by atoms with Crippen LogP contribution in [0.25, 0.3) is 0 Å². The maximum Gasteiger partial charge on any atom is 0.310 e. The summed E-state index contributed by atoms with van der Waals surface area (Å²) in [6.07, 6.45) is 1.13. The standard InChI is InChI=1S/C19H20N4O6/c1-2-5-17(24)20-14-10-8-13(9-11-14)19(26)22-21-18(25)12-29-16-7-4-3-6-15(16)23(27)28/h3-4,6-11H,2,5,12H2,1H3,(H,20,24)(H,21,25)(H,22,26). The maximum atomic E-state index is 12.1. The Morgan fingerprint density at radius 3 is 2.34 bits per heavy atom. The van der Waals surface area contributed by atoms with Crippen molar-refractivity contribution in [2.75, 3.05) is 11.9 Å². The molecule has 2 aromatic rings. The molecule has 0 saturated heterocycles. The molecule has 152 valence electrons.